The molecule has 110 valence electrons. The molecule has 0 bridgehead atoms. The van der Waals surface area contributed by atoms with Crippen molar-refractivity contribution >= 4 is 11.4 Å². The Morgan fingerprint density at radius 2 is 2.25 bits per heavy atom. The number of hydrogen-bond acceptors (Lipinski definition) is 4. The van der Waals surface area contributed by atoms with Crippen LogP contribution in [0.1, 0.15) is 25.3 Å². The Morgan fingerprint density at radius 3 is 2.90 bits per heavy atom. The molecule has 1 aromatic rings. The molecule has 0 aromatic heterocycles. The molecule has 1 aromatic carbocycles. The fraction of sp³-hybridized carbons (Fsp3) is 0.600. The third-order valence-corrected chi connectivity index (χ3v) is 4.17. The average Bonchev–Trinajstić information content (AvgIpc) is 2.40. The quantitative estimate of drug-likeness (QED) is 0.679. The number of nitrogens with zero attached hydrogens (tertiary/aromatic N) is 2. The highest BCUT2D eigenvalue weighted by atomic mass is 16.6. The van der Waals surface area contributed by atoms with Crippen LogP contribution in [0.4, 0.5) is 11.4 Å². The van der Waals surface area contributed by atoms with Crippen molar-refractivity contribution < 1.29 is 4.92 Å². The molecule has 2 rings (SSSR count). The number of benzene rings is 1. The number of rotatable bonds is 4. The van der Waals surface area contributed by atoms with Crippen molar-refractivity contribution in [3.8, 4) is 0 Å². The predicted molar refractivity (Wildman–Crippen MR) is 81.1 cm³/mol. The molecule has 5 heteroatoms. The summed E-state index contributed by atoms with van der Waals surface area (Å²) in [6.45, 7) is 6.18. The minimum absolute atomic E-state index is 0.183. The molecule has 0 spiro atoms. The molecule has 20 heavy (non-hydrogen) atoms. The lowest BCUT2D eigenvalue weighted by Crippen LogP contribution is -2.39. The normalized spacial score (nSPS) is 21.4. The van der Waals surface area contributed by atoms with Crippen LogP contribution in [0.3, 0.4) is 0 Å². The van der Waals surface area contributed by atoms with Crippen molar-refractivity contribution in [2.24, 2.45) is 5.92 Å². The number of nitrogens with one attached hydrogen (secondary N) is 1. The van der Waals surface area contributed by atoms with E-state index in [4.69, 9.17) is 0 Å². The highest BCUT2D eigenvalue weighted by Gasteiger charge is 2.23. The van der Waals surface area contributed by atoms with Gasteiger partial charge in [-0.3, -0.25) is 10.1 Å². The van der Waals surface area contributed by atoms with E-state index in [1.165, 1.54) is 19.4 Å². The highest BCUT2D eigenvalue weighted by molar-refractivity contribution is 5.55. The molecular formula is C15H23N3O2. The fourth-order valence-electron chi connectivity index (χ4n) is 2.89. The second-order valence-electron chi connectivity index (χ2n) is 5.86. The first-order chi connectivity index (χ1) is 9.47. The van der Waals surface area contributed by atoms with Crippen LogP contribution >= 0.6 is 0 Å². The molecule has 1 aliphatic rings. The van der Waals surface area contributed by atoms with Crippen molar-refractivity contribution in [3.63, 3.8) is 0 Å². The summed E-state index contributed by atoms with van der Waals surface area (Å²) in [6, 6.07) is 5.68. The van der Waals surface area contributed by atoms with Crippen molar-refractivity contribution in [1.82, 2.24) is 4.90 Å². The maximum atomic E-state index is 11.0. The van der Waals surface area contributed by atoms with Gasteiger partial charge in [0.15, 0.2) is 0 Å². The summed E-state index contributed by atoms with van der Waals surface area (Å²) in [6.07, 6.45) is 2.44. The Kier molecular flexibility index (Phi) is 4.60. The van der Waals surface area contributed by atoms with Crippen LogP contribution in [-0.4, -0.2) is 36.0 Å². The molecule has 0 saturated carbocycles. The van der Waals surface area contributed by atoms with Crippen molar-refractivity contribution in [1.29, 1.82) is 0 Å². The summed E-state index contributed by atoms with van der Waals surface area (Å²) in [5, 5.41) is 14.4. The summed E-state index contributed by atoms with van der Waals surface area (Å²) in [5.41, 5.74) is 1.72. The molecule has 0 radical (unpaired) electrons. The van der Waals surface area contributed by atoms with Crippen LogP contribution in [0.25, 0.3) is 0 Å². The van der Waals surface area contributed by atoms with Crippen molar-refractivity contribution in [2.75, 3.05) is 25.5 Å². The van der Waals surface area contributed by atoms with Gasteiger partial charge in [0, 0.05) is 29.9 Å². The van der Waals surface area contributed by atoms with Crippen LogP contribution in [-0.2, 0) is 0 Å². The number of anilines is 1. The summed E-state index contributed by atoms with van der Waals surface area (Å²) in [4.78, 5) is 13.0. The van der Waals surface area contributed by atoms with Gasteiger partial charge in [0.2, 0.25) is 0 Å². The maximum absolute atomic E-state index is 11.0. The summed E-state index contributed by atoms with van der Waals surface area (Å²) in [5.74, 6) is 0.592. The number of nitro groups is 1. The summed E-state index contributed by atoms with van der Waals surface area (Å²) < 4.78 is 0. The number of piperidine rings is 1. The van der Waals surface area contributed by atoms with Gasteiger partial charge >= 0.3 is 0 Å². The highest BCUT2D eigenvalue weighted by Crippen LogP contribution is 2.25. The van der Waals surface area contributed by atoms with E-state index in [-0.39, 0.29) is 10.6 Å². The second-order valence-corrected chi connectivity index (χ2v) is 5.86. The first-order valence-corrected chi connectivity index (χ1v) is 7.17. The molecular weight excluding hydrogens is 254 g/mol. The molecule has 5 nitrogen and oxygen atoms in total. The zero-order valence-electron chi connectivity index (χ0n) is 12.4. The standard InChI is InChI=1S/C15H23N3O2/c1-11-6-7-14(9-15(11)18(19)20)16-12(2)13-5-4-8-17(3)10-13/h6-7,9,12-13,16H,4-5,8,10H2,1-3H3. The van der Waals surface area contributed by atoms with Crippen molar-refractivity contribution in [3.05, 3.63) is 33.9 Å². The monoisotopic (exact) mass is 277 g/mol. The van der Waals surface area contributed by atoms with E-state index in [0.29, 0.717) is 17.5 Å². The van der Waals surface area contributed by atoms with Gasteiger partial charge < -0.3 is 10.2 Å². The first kappa shape index (κ1) is 14.8. The maximum Gasteiger partial charge on any atom is 0.274 e. The van der Waals surface area contributed by atoms with Gasteiger partial charge in [-0.2, -0.15) is 0 Å². The molecule has 2 atom stereocenters. The molecule has 1 saturated heterocycles. The zero-order chi connectivity index (χ0) is 14.7. The molecule has 0 aliphatic carbocycles. The van der Waals surface area contributed by atoms with E-state index in [0.717, 1.165) is 12.2 Å². The molecule has 1 aliphatic heterocycles. The lowest BCUT2D eigenvalue weighted by Gasteiger charge is -2.34. The number of hydrogen-bond donors (Lipinski definition) is 1. The van der Waals surface area contributed by atoms with Crippen LogP contribution in [0.15, 0.2) is 18.2 Å². The van der Waals surface area contributed by atoms with E-state index in [9.17, 15) is 10.1 Å². The molecule has 0 amide bonds. The smallest absolute Gasteiger partial charge is 0.274 e. The third kappa shape index (κ3) is 3.48. The minimum Gasteiger partial charge on any atom is -0.382 e. The minimum atomic E-state index is -0.320. The van der Waals surface area contributed by atoms with Crippen LogP contribution < -0.4 is 5.32 Å². The number of nitro benzene ring substituents is 1. The second kappa shape index (κ2) is 6.22. The number of aryl methyl sites for hydroxylation is 1. The lowest BCUT2D eigenvalue weighted by atomic mass is 9.91. The van der Waals surface area contributed by atoms with Gasteiger partial charge in [0.25, 0.3) is 5.69 Å². The predicted octanol–water partition coefficient (Wildman–Crippen LogP) is 3.05. The van der Waals surface area contributed by atoms with Crippen molar-refractivity contribution in [2.45, 2.75) is 32.7 Å². The Morgan fingerprint density at radius 1 is 1.50 bits per heavy atom. The first-order valence-electron chi connectivity index (χ1n) is 7.17. The lowest BCUT2D eigenvalue weighted by molar-refractivity contribution is -0.385. The Labute approximate surface area is 120 Å². The van der Waals surface area contributed by atoms with E-state index < -0.39 is 0 Å². The summed E-state index contributed by atoms with van der Waals surface area (Å²) in [7, 11) is 2.15. The average molecular weight is 277 g/mol. The topological polar surface area (TPSA) is 58.4 Å². The van der Waals surface area contributed by atoms with Gasteiger partial charge in [0.05, 0.1) is 4.92 Å². The molecule has 1 fully saturated rings. The van der Waals surface area contributed by atoms with Crippen LogP contribution in [0.2, 0.25) is 0 Å². The third-order valence-electron chi connectivity index (χ3n) is 4.17. The summed E-state index contributed by atoms with van der Waals surface area (Å²) >= 11 is 0. The molecule has 2 unspecified atom stereocenters. The van der Waals surface area contributed by atoms with Gasteiger partial charge in [0.1, 0.15) is 0 Å². The van der Waals surface area contributed by atoms with Crippen LogP contribution in [0, 0.1) is 23.0 Å². The fourth-order valence-corrected chi connectivity index (χ4v) is 2.89. The number of likely N-dealkylation sites (tertiary alicyclic amines) is 1. The van der Waals surface area contributed by atoms with Gasteiger partial charge in [-0.25, -0.2) is 0 Å². The Balaban J connectivity index is 2.05. The Bertz CT molecular complexity index is 490. The van der Waals surface area contributed by atoms with Gasteiger partial charge in [-0.15, -0.1) is 0 Å². The molecule has 1 N–H and O–H groups in total. The van der Waals surface area contributed by atoms with Gasteiger partial charge in [-0.05, 0) is 52.3 Å². The van der Waals surface area contributed by atoms with E-state index >= 15 is 0 Å². The SMILES string of the molecule is Cc1ccc(NC(C)C2CCCN(C)C2)cc1[N+](=O)[O-]. The largest absolute Gasteiger partial charge is 0.382 e. The van der Waals surface area contributed by atoms with E-state index in [2.05, 4.69) is 24.2 Å². The Hall–Kier alpha value is -1.62. The molecule has 1 heterocycles. The van der Waals surface area contributed by atoms with Crippen LogP contribution in [0.5, 0.6) is 0 Å². The van der Waals surface area contributed by atoms with E-state index in [1.54, 1.807) is 19.1 Å². The zero-order valence-corrected chi connectivity index (χ0v) is 12.4. The van der Waals surface area contributed by atoms with Gasteiger partial charge in [-0.1, -0.05) is 6.07 Å². The van der Waals surface area contributed by atoms with E-state index in [1.807, 2.05) is 6.07 Å².